The zero-order valence-electron chi connectivity index (χ0n) is 7.07. The van der Waals surface area contributed by atoms with Crippen LogP contribution in [0.3, 0.4) is 0 Å². The second kappa shape index (κ2) is 3.80. The molecule has 0 spiro atoms. The van der Waals surface area contributed by atoms with Gasteiger partial charge in [-0.2, -0.15) is 10.2 Å². The van der Waals surface area contributed by atoms with Crippen molar-refractivity contribution < 1.29 is 4.42 Å². The number of nitrogens with zero attached hydrogens (tertiary/aromatic N) is 2. The monoisotopic (exact) mass is 296 g/mol. The summed E-state index contributed by atoms with van der Waals surface area (Å²) < 4.78 is 5.88. The molecule has 0 radical (unpaired) electrons. The van der Waals surface area contributed by atoms with Crippen LogP contribution in [0.1, 0.15) is 5.69 Å². The van der Waals surface area contributed by atoms with Crippen LogP contribution in [0.2, 0.25) is 0 Å². The number of nitriles is 1. The Morgan fingerprint density at radius 2 is 2.00 bits per heavy atom. The lowest BCUT2D eigenvalue weighted by molar-refractivity contribution is 0.546. The maximum Gasteiger partial charge on any atom is 0.228 e. The molecule has 4 heteroatoms. The minimum Gasteiger partial charge on any atom is -0.429 e. The first kappa shape index (κ1) is 9.21. The third-order valence-corrected chi connectivity index (χ3v) is 2.44. The summed E-state index contributed by atoms with van der Waals surface area (Å²) in [5.41, 5.74) is 1.22. The predicted octanol–water partition coefficient (Wildman–Crippen LogP) is 2.82. The topological polar surface area (TPSA) is 49.8 Å². The van der Waals surface area contributed by atoms with Crippen molar-refractivity contribution in [2.45, 2.75) is 0 Å². The third kappa shape index (κ3) is 1.63. The molecule has 0 atom stereocenters. The molecule has 0 unspecified atom stereocenters. The quantitative estimate of drug-likeness (QED) is 0.760. The largest absolute Gasteiger partial charge is 0.429 e. The van der Waals surface area contributed by atoms with E-state index in [0.717, 1.165) is 5.56 Å². The van der Waals surface area contributed by atoms with Crippen molar-refractivity contribution in [2.24, 2.45) is 0 Å². The molecule has 0 amide bonds. The number of halogens is 1. The van der Waals surface area contributed by atoms with Gasteiger partial charge in [0.1, 0.15) is 6.07 Å². The van der Waals surface area contributed by atoms with Crippen LogP contribution in [0, 0.1) is 15.1 Å². The summed E-state index contributed by atoms with van der Waals surface area (Å²) in [4.78, 5) is 4.06. The van der Waals surface area contributed by atoms with E-state index in [1.807, 2.05) is 59.0 Å². The first-order chi connectivity index (χ1) is 6.81. The first-order valence-electron chi connectivity index (χ1n) is 3.93. The number of hydrogen-bond donors (Lipinski definition) is 0. The highest BCUT2D eigenvalue weighted by Crippen LogP contribution is 2.22. The number of rotatable bonds is 1. The van der Waals surface area contributed by atoms with E-state index in [2.05, 4.69) is 4.98 Å². The molecule has 0 aliphatic carbocycles. The van der Waals surface area contributed by atoms with Gasteiger partial charge in [-0.15, -0.1) is 0 Å². The van der Waals surface area contributed by atoms with Gasteiger partial charge < -0.3 is 4.42 Å². The van der Waals surface area contributed by atoms with Crippen LogP contribution >= 0.6 is 22.6 Å². The van der Waals surface area contributed by atoms with Gasteiger partial charge in [0.05, 0.1) is 0 Å². The van der Waals surface area contributed by atoms with Crippen molar-refractivity contribution in [3.8, 4) is 17.5 Å². The van der Waals surface area contributed by atoms with Crippen molar-refractivity contribution in [2.75, 3.05) is 0 Å². The highest BCUT2D eigenvalue weighted by Gasteiger charge is 2.10. The second-order valence-electron chi connectivity index (χ2n) is 2.62. The Balaban J connectivity index is 2.50. The van der Waals surface area contributed by atoms with E-state index in [0.29, 0.717) is 15.4 Å². The van der Waals surface area contributed by atoms with Gasteiger partial charge in [-0.3, -0.25) is 0 Å². The summed E-state index contributed by atoms with van der Waals surface area (Å²) in [6.07, 6.45) is 0. The van der Waals surface area contributed by atoms with Crippen LogP contribution < -0.4 is 0 Å². The maximum absolute atomic E-state index is 8.70. The molecule has 1 heterocycles. The molecule has 14 heavy (non-hydrogen) atoms. The van der Waals surface area contributed by atoms with Crippen molar-refractivity contribution in [1.82, 2.24) is 4.98 Å². The summed E-state index contributed by atoms with van der Waals surface area (Å²) in [5.74, 6) is 0.492. The molecule has 0 bridgehead atoms. The fourth-order valence-electron chi connectivity index (χ4n) is 1.07. The highest BCUT2D eigenvalue weighted by molar-refractivity contribution is 14.1. The number of hydrogen-bond acceptors (Lipinski definition) is 3. The Hall–Kier alpha value is -1.35. The molecule has 0 saturated carbocycles. The van der Waals surface area contributed by atoms with Crippen LogP contribution in [0.25, 0.3) is 11.5 Å². The summed E-state index contributed by atoms with van der Waals surface area (Å²) in [5, 5.41) is 8.70. The van der Waals surface area contributed by atoms with E-state index in [-0.39, 0.29) is 0 Å². The van der Waals surface area contributed by atoms with Gasteiger partial charge in [-0.25, -0.2) is 0 Å². The van der Waals surface area contributed by atoms with E-state index in [4.69, 9.17) is 9.68 Å². The fraction of sp³-hybridized carbons (Fsp3) is 0. The molecule has 0 fully saturated rings. The molecule has 0 saturated heterocycles. The van der Waals surface area contributed by atoms with Crippen LogP contribution in [0.4, 0.5) is 0 Å². The van der Waals surface area contributed by atoms with Crippen LogP contribution in [-0.2, 0) is 0 Å². The molecule has 1 aromatic carbocycles. The standard InChI is InChI=1S/C10H5IN2O/c11-9-8(6-12)13-10(14-9)7-4-2-1-3-5-7/h1-5H. The summed E-state index contributed by atoms with van der Waals surface area (Å²) in [6, 6.07) is 11.5. The Morgan fingerprint density at radius 1 is 1.29 bits per heavy atom. The van der Waals surface area contributed by atoms with Crippen molar-refractivity contribution in [3.63, 3.8) is 0 Å². The zero-order valence-corrected chi connectivity index (χ0v) is 9.22. The molecule has 68 valence electrons. The Kier molecular flexibility index (Phi) is 2.50. The average Bonchev–Trinajstić information content (AvgIpc) is 2.61. The molecule has 3 nitrogen and oxygen atoms in total. The molecular weight excluding hydrogens is 291 g/mol. The average molecular weight is 296 g/mol. The smallest absolute Gasteiger partial charge is 0.228 e. The third-order valence-electron chi connectivity index (χ3n) is 1.71. The van der Waals surface area contributed by atoms with E-state index in [1.165, 1.54) is 0 Å². The SMILES string of the molecule is N#Cc1nc(-c2ccccc2)oc1I. The van der Waals surface area contributed by atoms with Gasteiger partial charge >= 0.3 is 0 Å². The minimum atomic E-state index is 0.337. The maximum atomic E-state index is 8.70. The van der Waals surface area contributed by atoms with Crippen LogP contribution in [-0.4, -0.2) is 4.98 Å². The molecule has 1 aromatic heterocycles. The minimum absolute atomic E-state index is 0.337. The Morgan fingerprint density at radius 3 is 2.57 bits per heavy atom. The van der Waals surface area contributed by atoms with Gasteiger partial charge in [-0.1, -0.05) is 18.2 Å². The summed E-state index contributed by atoms with van der Waals surface area (Å²) >= 11 is 1.96. The lowest BCUT2D eigenvalue weighted by Gasteiger charge is -1.91. The van der Waals surface area contributed by atoms with E-state index in [9.17, 15) is 0 Å². The lowest BCUT2D eigenvalue weighted by Crippen LogP contribution is -1.77. The van der Waals surface area contributed by atoms with Crippen molar-refractivity contribution in [3.05, 3.63) is 39.8 Å². The summed E-state index contributed by atoms with van der Waals surface area (Å²) in [7, 11) is 0. The molecular formula is C10H5IN2O. The van der Waals surface area contributed by atoms with Gasteiger partial charge in [0.2, 0.25) is 9.66 Å². The highest BCUT2D eigenvalue weighted by atomic mass is 127. The Labute approximate surface area is 94.5 Å². The van der Waals surface area contributed by atoms with Gasteiger partial charge in [-0.05, 0) is 12.1 Å². The normalized spacial score (nSPS) is 9.71. The second-order valence-corrected chi connectivity index (χ2v) is 3.60. The molecule has 0 aliphatic heterocycles. The number of oxazole rings is 1. The fourth-order valence-corrected chi connectivity index (χ4v) is 1.52. The van der Waals surface area contributed by atoms with Gasteiger partial charge in [0, 0.05) is 28.2 Å². The van der Waals surface area contributed by atoms with Gasteiger partial charge in [0.25, 0.3) is 0 Å². The Bertz CT molecular complexity index is 485. The van der Waals surface area contributed by atoms with E-state index < -0.39 is 0 Å². The van der Waals surface area contributed by atoms with Crippen molar-refractivity contribution in [1.29, 1.82) is 5.26 Å². The molecule has 0 aliphatic rings. The predicted molar refractivity (Wildman–Crippen MR) is 59.4 cm³/mol. The molecule has 0 N–H and O–H groups in total. The number of benzene rings is 1. The molecule has 2 rings (SSSR count). The summed E-state index contributed by atoms with van der Waals surface area (Å²) in [6.45, 7) is 0. The zero-order chi connectivity index (χ0) is 9.97. The van der Waals surface area contributed by atoms with Gasteiger partial charge in [0.15, 0.2) is 5.69 Å². The first-order valence-corrected chi connectivity index (χ1v) is 5.01. The van der Waals surface area contributed by atoms with E-state index >= 15 is 0 Å². The lowest BCUT2D eigenvalue weighted by atomic mass is 10.2. The number of aromatic nitrogens is 1. The van der Waals surface area contributed by atoms with Crippen molar-refractivity contribution >= 4 is 22.6 Å². The van der Waals surface area contributed by atoms with Crippen LogP contribution in [0.5, 0.6) is 0 Å². The van der Waals surface area contributed by atoms with Crippen LogP contribution in [0.15, 0.2) is 34.7 Å². The molecule has 2 aromatic rings. The van der Waals surface area contributed by atoms with E-state index in [1.54, 1.807) is 0 Å².